The molecule has 1 aromatic rings. The second-order valence-corrected chi connectivity index (χ2v) is 6.04. The van der Waals surface area contributed by atoms with Crippen LogP contribution in [-0.2, 0) is 4.74 Å². The first-order valence-corrected chi connectivity index (χ1v) is 8.19. The van der Waals surface area contributed by atoms with Crippen LogP contribution in [-0.4, -0.2) is 30.8 Å². The summed E-state index contributed by atoms with van der Waals surface area (Å²) in [4.78, 5) is 4.50. The largest absolute Gasteiger partial charge is 0.380 e. The fourth-order valence-corrected chi connectivity index (χ4v) is 2.24. The number of anilines is 2. The first-order chi connectivity index (χ1) is 9.99. The maximum absolute atomic E-state index is 6.24. The van der Waals surface area contributed by atoms with Crippen LogP contribution in [0.3, 0.4) is 0 Å². The van der Waals surface area contributed by atoms with Crippen LogP contribution < -0.4 is 10.6 Å². The molecule has 0 fully saturated rings. The Labute approximate surface area is 137 Å². The number of hydrogen-bond donors (Lipinski definition) is 2. The van der Waals surface area contributed by atoms with Crippen molar-refractivity contribution >= 4 is 34.8 Å². The van der Waals surface area contributed by atoms with Crippen LogP contribution in [0.15, 0.2) is 6.07 Å². The average molecular weight is 334 g/mol. The normalized spacial score (nSPS) is 12.5. The molecule has 0 bridgehead atoms. The summed E-state index contributed by atoms with van der Waals surface area (Å²) < 4.78 is 5.51. The van der Waals surface area contributed by atoms with Gasteiger partial charge in [-0.15, -0.1) is 0 Å². The molecule has 120 valence electrons. The standard InChI is InChI=1S/C15H25Cl2N3O/c1-5-7-18-14-11(16)8-12(17)15(20-14)19-13(10(3)4)9-21-6-2/h8,10,13H,5-7,9H2,1-4H3,(H2,18,19,20). The second kappa shape index (κ2) is 9.34. The third kappa shape index (κ3) is 5.89. The molecule has 0 amide bonds. The Morgan fingerprint density at radius 3 is 2.43 bits per heavy atom. The first kappa shape index (κ1) is 18.3. The molecule has 0 aliphatic rings. The lowest BCUT2D eigenvalue weighted by molar-refractivity contribution is 0.126. The summed E-state index contributed by atoms with van der Waals surface area (Å²) >= 11 is 12.4. The van der Waals surface area contributed by atoms with Gasteiger partial charge in [-0.05, 0) is 25.3 Å². The van der Waals surface area contributed by atoms with E-state index in [1.54, 1.807) is 6.07 Å². The van der Waals surface area contributed by atoms with Crippen LogP contribution in [0.2, 0.25) is 10.0 Å². The van der Waals surface area contributed by atoms with Gasteiger partial charge in [-0.1, -0.05) is 44.0 Å². The minimum atomic E-state index is 0.148. The van der Waals surface area contributed by atoms with Gasteiger partial charge in [-0.25, -0.2) is 4.98 Å². The second-order valence-electron chi connectivity index (χ2n) is 5.23. The summed E-state index contributed by atoms with van der Waals surface area (Å²) in [5.74, 6) is 1.69. The third-order valence-electron chi connectivity index (χ3n) is 3.10. The van der Waals surface area contributed by atoms with Crippen molar-refractivity contribution in [3.05, 3.63) is 16.1 Å². The van der Waals surface area contributed by atoms with Crippen molar-refractivity contribution in [3.63, 3.8) is 0 Å². The molecule has 0 aliphatic heterocycles. The Hall–Kier alpha value is -0.710. The van der Waals surface area contributed by atoms with Gasteiger partial charge >= 0.3 is 0 Å². The predicted molar refractivity (Wildman–Crippen MR) is 91.8 cm³/mol. The molecule has 1 heterocycles. The van der Waals surface area contributed by atoms with Crippen LogP contribution in [0.4, 0.5) is 11.6 Å². The van der Waals surface area contributed by atoms with E-state index in [-0.39, 0.29) is 6.04 Å². The zero-order valence-corrected chi connectivity index (χ0v) is 14.7. The number of nitrogens with zero attached hydrogens (tertiary/aromatic N) is 1. The van der Waals surface area contributed by atoms with Gasteiger partial charge in [-0.2, -0.15) is 0 Å². The number of ether oxygens (including phenoxy) is 1. The Bertz CT molecular complexity index is 441. The molecule has 1 aromatic heterocycles. The first-order valence-electron chi connectivity index (χ1n) is 7.43. The minimum Gasteiger partial charge on any atom is -0.380 e. The molecule has 1 atom stereocenters. The van der Waals surface area contributed by atoms with Crippen molar-refractivity contribution in [3.8, 4) is 0 Å². The highest BCUT2D eigenvalue weighted by atomic mass is 35.5. The van der Waals surface area contributed by atoms with Gasteiger partial charge in [-0.3, -0.25) is 0 Å². The highest BCUT2D eigenvalue weighted by Crippen LogP contribution is 2.30. The third-order valence-corrected chi connectivity index (χ3v) is 3.68. The number of halogens is 2. The van der Waals surface area contributed by atoms with Crippen LogP contribution in [0.1, 0.15) is 34.1 Å². The van der Waals surface area contributed by atoms with Crippen molar-refractivity contribution < 1.29 is 4.74 Å². The summed E-state index contributed by atoms with van der Waals surface area (Å²) in [5, 5.41) is 7.61. The van der Waals surface area contributed by atoms with Crippen molar-refractivity contribution in [1.82, 2.24) is 4.98 Å². The van der Waals surface area contributed by atoms with E-state index >= 15 is 0 Å². The summed E-state index contributed by atoms with van der Waals surface area (Å²) in [5.41, 5.74) is 0. The molecule has 0 spiro atoms. The molecule has 0 saturated carbocycles. The van der Waals surface area contributed by atoms with Gasteiger partial charge in [0.05, 0.1) is 22.7 Å². The zero-order chi connectivity index (χ0) is 15.8. The van der Waals surface area contributed by atoms with Crippen LogP contribution in [0, 0.1) is 5.92 Å². The lowest BCUT2D eigenvalue weighted by Gasteiger charge is -2.23. The summed E-state index contributed by atoms with van der Waals surface area (Å²) in [7, 11) is 0. The van der Waals surface area contributed by atoms with E-state index in [4.69, 9.17) is 27.9 Å². The summed E-state index contributed by atoms with van der Waals surface area (Å²) in [6.07, 6.45) is 1.00. The highest BCUT2D eigenvalue weighted by Gasteiger charge is 2.17. The quantitative estimate of drug-likeness (QED) is 0.688. The Morgan fingerprint density at radius 2 is 1.86 bits per heavy atom. The number of rotatable bonds is 9. The molecule has 0 saturated heterocycles. The maximum Gasteiger partial charge on any atom is 0.147 e. The van der Waals surface area contributed by atoms with Crippen LogP contribution >= 0.6 is 23.2 Å². The molecular weight excluding hydrogens is 309 g/mol. The maximum atomic E-state index is 6.24. The molecule has 1 rings (SSSR count). The average Bonchev–Trinajstić information content (AvgIpc) is 2.44. The van der Waals surface area contributed by atoms with Crippen molar-refractivity contribution in [2.24, 2.45) is 5.92 Å². The molecule has 0 aliphatic carbocycles. The fourth-order valence-electron chi connectivity index (χ4n) is 1.76. The molecule has 6 heteroatoms. The van der Waals surface area contributed by atoms with Crippen molar-refractivity contribution in [2.75, 3.05) is 30.4 Å². The lowest BCUT2D eigenvalue weighted by atomic mass is 10.1. The molecule has 4 nitrogen and oxygen atoms in total. The Kier molecular flexibility index (Phi) is 8.15. The molecule has 0 radical (unpaired) electrons. The van der Waals surface area contributed by atoms with Crippen molar-refractivity contribution in [2.45, 2.75) is 40.2 Å². The number of pyridine rings is 1. The van der Waals surface area contributed by atoms with E-state index in [0.717, 1.165) is 13.0 Å². The number of nitrogens with one attached hydrogen (secondary N) is 2. The fraction of sp³-hybridized carbons (Fsp3) is 0.667. The number of hydrogen-bond acceptors (Lipinski definition) is 4. The predicted octanol–water partition coefficient (Wildman–Crippen LogP) is 4.68. The SMILES string of the molecule is CCCNc1nc(NC(COCC)C(C)C)c(Cl)cc1Cl. The van der Waals surface area contributed by atoms with Crippen molar-refractivity contribution in [1.29, 1.82) is 0 Å². The van der Waals surface area contributed by atoms with E-state index in [1.165, 1.54) is 0 Å². The molecule has 0 aromatic carbocycles. The Balaban J connectivity index is 2.89. The van der Waals surface area contributed by atoms with E-state index in [1.807, 2.05) is 6.92 Å². The van der Waals surface area contributed by atoms with Gasteiger partial charge < -0.3 is 15.4 Å². The monoisotopic (exact) mass is 333 g/mol. The van der Waals surface area contributed by atoms with E-state index in [0.29, 0.717) is 40.8 Å². The molecule has 2 N–H and O–H groups in total. The Morgan fingerprint density at radius 1 is 1.19 bits per heavy atom. The number of aromatic nitrogens is 1. The smallest absolute Gasteiger partial charge is 0.147 e. The molecular formula is C15H25Cl2N3O. The van der Waals surface area contributed by atoms with Gasteiger partial charge in [0.1, 0.15) is 11.6 Å². The van der Waals surface area contributed by atoms with E-state index in [9.17, 15) is 0 Å². The minimum absolute atomic E-state index is 0.148. The summed E-state index contributed by atoms with van der Waals surface area (Å²) in [6.45, 7) is 10.5. The van der Waals surface area contributed by atoms with E-state index in [2.05, 4.69) is 36.4 Å². The molecule has 1 unspecified atom stereocenters. The van der Waals surface area contributed by atoms with Gasteiger partial charge in [0.2, 0.25) is 0 Å². The van der Waals surface area contributed by atoms with Gasteiger partial charge in [0.25, 0.3) is 0 Å². The zero-order valence-electron chi connectivity index (χ0n) is 13.2. The van der Waals surface area contributed by atoms with E-state index < -0.39 is 0 Å². The summed E-state index contributed by atoms with van der Waals surface area (Å²) in [6, 6.07) is 1.87. The van der Waals surface area contributed by atoms with Crippen LogP contribution in [0.5, 0.6) is 0 Å². The van der Waals surface area contributed by atoms with Crippen LogP contribution in [0.25, 0.3) is 0 Å². The van der Waals surface area contributed by atoms with Gasteiger partial charge in [0, 0.05) is 13.2 Å². The topological polar surface area (TPSA) is 46.2 Å². The molecule has 21 heavy (non-hydrogen) atoms. The van der Waals surface area contributed by atoms with Gasteiger partial charge in [0.15, 0.2) is 0 Å². The lowest BCUT2D eigenvalue weighted by Crippen LogP contribution is -2.31. The highest BCUT2D eigenvalue weighted by molar-refractivity contribution is 6.37.